The average Bonchev–Trinajstić information content (AvgIpc) is 2.19. The van der Waals surface area contributed by atoms with Gasteiger partial charge in [0.15, 0.2) is 5.11 Å². The number of hydrogen-bond donors (Lipinski definition) is 2. The largest absolute Gasteiger partial charge is 0.497 e. The lowest BCUT2D eigenvalue weighted by Crippen LogP contribution is -2.34. The van der Waals surface area contributed by atoms with E-state index in [-0.39, 0.29) is 0 Å². The van der Waals surface area contributed by atoms with E-state index < -0.39 is 0 Å². The predicted molar refractivity (Wildman–Crippen MR) is 72.2 cm³/mol. The third-order valence-electron chi connectivity index (χ3n) is 2.10. The number of ether oxygens (including phenoxy) is 1. The third kappa shape index (κ3) is 3.70. The number of methoxy groups -OCH3 is 1. The van der Waals surface area contributed by atoms with Crippen LogP contribution in [0.25, 0.3) is 0 Å². The van der Waals surface area contributed by atoms with Crippen LogP contribution in [0.5, 0.6) is 5.75 Å². The summed E-state index contributed by atoms with van der Waals surface area (Å²) in [6.45, 7) is 6.12. The van der Waals surface area contributed by atoms with E-state index in [4.69, 9.17) is 17.0 Å². The van der Waals surface area contributed by atoms with Gasteiger partial charge in [0.1, 0.15) is 5.75 Å². The predicted octanol–water partition coefficient (Wildman–Crippen LogP) is 2.70. The third-order valence-corrected chi connectivity index (χ3v) is 2.32. The van der Waals surface area contributed by atoms with Crippen molar-refractivity contribution in [3.8, 4) is 5.75 Å². The Balaban J connectivity index is 2.70. The molecule has 1 aromatic carbocycles. The van der Waals surface area contributed by atoms with Crippen LogP contribution in [0.2, 0.25) is 0 Å². The molecule has 0 unspecified atom stereocenters. The van der Waals surface area contributed by atoms with Gasteiger partial charge in [0.25, 0.3) is 0 Å². The van der Waals surface area contributed by atoms with Gasteiger partial charge in [-0.3, -0.25) is 0 Å². The van der Waals surface area contributed by atoms with Crippen LogP contribution >= 0.6 is 12.2 Å². The molecule has 16 heavy (non-hydrogen) atoms. The second-order valence-corrected chi connectivity index (χ2v) is 4.34. The van der Waals surface area contributed by atoms with Gasteiger partial charge in [-0.15, -0.1) is 0 Å². The summed E-state index contributed by atoms with van der Waals surface area (Å²) in [5.74, 6) is 0.853. The maximum Gasteiger partial charge on any atom is 0.170 e. The SMILES string of the molecule is COc1ccc(NC(=S)NC(C)C)c(C)c1. The second kappa shape index (κ2) is 5.70. The van der Waals surface area contributed by atoms with Crippen molar-refractivity contribution in [2.75, 3.05) is 12.4 Å². The van der Waals surface area contributed by atoms with E-state index in [1.807, 2.05) is 25.1 Å². The Morgan fingerprint density at radius 2 is 2.06 bits per heavy atom. The van der Waals surface area contributed by atoms with Crippen LogP contribution in [-0.2, 0) is 0 Å². The van der Waals surface area contributed by atoms with Gasteiger partial charge in [0.2, 0.25) is 0 Å². The first kappa shape index (κ1) is 12.8. The molecule has 2 N–H and O–H groups in total. The van der Waals surface area contributed by atoms with Crippen molar-refractivity contribution >= 4 is 23.0 Å². The fraction of sp³-hybridized carbons (Fsp3) is 0.417. The molecule has 0 aliphatic heterocycles. The Morgan fingerprint density at radius 1 is 1.38 bits per heavy atom. The molecule has 0 bridgehead atoms. The van der Waals surface area contributed by atoms with Crippen molar-refractivity contribution in [2.45, 2.75) is 26.8 Å². The molecule has 0 fully saturated rings. The normalized spacial score (nSPS) is 10.1. The fourth-order valence-corrected chi connectivity index (χ4v) is 1.67. The second-order valence-electron chi connectivity index (χ2n) is 3.93. The van der Waals surface area contributed by atoms with Crippen molar-refractivity contribution in [3.63, 3.8) is 0 Å². The zero-order valence-electron chi connectivity index (χ0n) is 10.1. The lowest BCUT2D eigenvalue weighted by Gasteiger charge is -2.15. The molecule has 4 heteroatoms. The van der Waals surface area contributed by atoms with Gasteiger partial charge in [-0.2, -0.15) is 0 Å². The van der Waals surface area contributed by atoms with Gasteiger partial charge in [-0.05, 0) is 56.8 Å². The van der Waals surface area contributed by atoms with Gasteiger partial charge in [0.05, 0.1) is 7.11 Å². The highest BCUT2D eigenvalue weighted by molar-refractivity contribution is 7.80. The first-order chi connectivity index (χ1) is 7.52. The molecule has 0 aliphatic rings. The molecular formula is C12H18N2OS. The molecule has 88 valence electrons. The minimum atomic E-state index is 0.332. The number of hydrogen-bond acceptors (Lipinski definition) is 2. The molecule has 0 atom stereocenters. The number of anilines is 1. The van der Waals surface area contributed by atoms with E-state index in [1.165, 1.54) is 0 Å². The highest BCUT2D eigenvalue weighted by Gasteiger charge is 2.03. The Hall–Kier alpha value is -1.29. The molecule has 0 aliphatic carbocycles. The van der Waals surface area contributed by atoms with Crippen molar-refractivity contribution in [3.05, 3.63) is 23.8 Å². The molecule has 0 spiro atoms. The molecule has 1 rings (SSSR count). The van der Waals surface area contributed by atoms with Crippen molar-refractivity contribution in [1.82, 2.24) is 5.32 Å². The number of nitrogens with one attached hydrogen (secondary N) is 2. The molecule has 0 radical (unpaired) electrons. The summed E-state index contributed by atoms with van der Waals surface area (Å²) in [6.07, 6.45) is 0. The topological polar surface area (TPSA) is 33.3 Å². The van der Waals surface area contributed by atoms with Gasteiger partial charge in [-0.1, -0.05) is 0 Å². The Kier molecular flexibility index (Phi) is 4.55. The van der Waals surface area contributed by atoms with Crippen LogP contribution in [0.3, 0.4) is 0 Å². The van der Waals surface area contributed by atoms with Gasteiger partial charge >= 0.3 is 0 Å². The zero-order valence-corrected chi connectivity index (χ0v) is 10.9. The van der Waals surface area contributed by atoms with Gasteiger partial charge in [0, 0.05) is 11.7 Å². The molecule has 0 amide bonds. The smallest absolute Gasteiger partial charge is 0.170 e. The summed E-state index contributed by atoms with van der Waals surface area (Å²) in [5, 5.41) is 6.94. The monoisotopic (exact) mass is 238 g/mol. The maximum absolute atomic E-state index is 5.18. The molecule has 1 aromatic rings. The van der Waals surface area contributed by atoms with E-state index >= 15 is 0 Å². The molecular weight excluding hydrogens is 220 g/mol. The van der Waals surface area contributed by atoms with E-state index in [0.717, 1.165) is 17.0 Å². The Morgan fingerprint density at radius 3 is 2.56 bits per heavy atom. The Bertz CT molecular complexity index is 377. The molecule has 0 aromatic heterocycles. The van der Waals surface area contributed by atoms with Crippen LogP contribution in [0.4, 0.5) is 5.69 Å². The van der Waals surface area contributed by atoms with Crippen molar-refractivity contribution < 1.29 is 4.74 Å². The fourth-order valence-electron chi connectivity index (χ4n) is 1.32. The number of thiocarbonyl (C=S) groups is 1. The first-order valence-corrected chi connectivity index (χ1v) is 5.66. The van der Waals surface area contributed by atoms with E-state index in [1.54, 1.807) is 7.11 Å². The van der Waals surface area contributed by atoms with Crippen LogP contribution in [0, 0.1) is 6.92 Å². The summed E-state index contributed by atoms with van der Waals surface area (Å²) in [6, 6.07) is 6.18. The average molecular weight is 238 g/mol. The summed E-state index contributed by atoms with van der Waals surface area (Å²) in [7, 11) is 1.66. The van der Waals surface area contributed by atoms with Crippen LogP contribution in [0.1, 0.15) is 19.4 Å². The van der Waals surface area contributed by atoms with Crippen molar-refractivity contribution in [1.29, 1.82) is 0 Å². The summed E-state index contributed by atoms with van der Waals surface area (Å²) in [5.41, 5.74) is 2.10. The standard InChI is InChI=1S/C12H18N2OS/c1-8(2)13-12(16)14-11-6-5-10(15-4)7-9(11)3/h5-8H,1-4H3,(H2,13,14,16). The Labute approximate surface area is 102 Å². The number of rotatable bonds is 3. The minimum absolute atomic E-state index is 0.332. The zero-order chi connectivity index (χ0) is 12.1. The minimum Gasteiger partial charge on any atom is -0.497 e. The number of aryl methyl sites for hydroxylation is 1. The highest BCUT2D eigenvalue weighted by atomic mass is 32.1. The van der Waals surface area contributed by atoms with Crippen LogP contribution in [0.15, 0.2) is 18.2 Å². The quantitative estimate of drug-likeness (QED) is 0.793. The molecule has 0 saturated heterocycles. The van der Waals surface area contributed by atoms with Gasteiger partial charge in [-0.25, -0.2) is 0 Å². The van der Waals surface area contributed by atoms with E-state index in [2.05, 4.69) is 24.5 Å². The highest BCUT2D eigenvalue weighted by Crippen LogP contribution is 2.20. The number of benzene rings is 1. The summed E-state index contributed by atoms with van der Waals surface area (Å²) in [4.78, 5) is 0. The van der Waals surface area contributed by atoms with Crippen LogP contribution < -0.4 is 15.4 Å². The molecule has 0 heterocycles. The van der Waals surface area contributed by atoms with Gasteiger partial charge < -0.3 is 15.4 Å². The lowest BCUT2D eigenvalue weighted by molar-refractivity contribution is 0.414. The summed E-state index contributed by atoms with van der Waals surface area (Å²) < 4.78 is 5.14. The van der Waals surface area contributed by atoms with E-state index in [9.17, 15) is 0 Å². The van der Waals surface area contributed by atoms with Crippen molar-refractivity contribution in [2.24, 2.45) is 0 Å². The molecule has 3 nitrogen and oxygen atoms in total. The maximum atomic E-state index is 5.18. The summed E-state index contributed by atoms with van der Waals surface area (Å²) >= 11 is 5.18. The van der Waals surface area contributed by atoms with Crippen LogP contribution in [-0.4, -0.2) is 18.3 Å². The molecule has 0 saturated carbocycles. The lowest BCUT2D eigenvalue weighted by atomic mass is 10.2. The van der Waals surface area contributed by atoms with E-state index in [0.29, 0.717) is 11.2 Å². The first-order valence-electron chi connectivity index (χ1n) is 5.25.